The fourth-order valence-electron chi connectivity index (χ4n) is 3.31. The number of benzene rings is 1. The number of aliphatic imine (C=N–C) groups is 1. The van der Waals surface area contributed by atoms with Crippen LogP contribution in [0.2, 0.25) is 0 Å². The summed E-state index contributed by atoms with van der Waals surface area (Å²) in [6, 6.07) is 0.763. The molecule has 152 valence electrons. The Morgan fingerprint density at radius 3 is 2.72 bits per heavy atom. The number of halogens is 3. The molecule has 1 fully saturated rings. The van der Waals surface area contributed by atoms with Gasteiger partial charge < -0.3 is 15.0 Å². The second-order valence-electron chi connectivity index (χ2n) is 6.71. The molecule has 0 unspecified atom stereocenters. The third-order valence-electron chi connectivity index (χ3n) is 4.76. The van der Waals surface area contributed by atoms with Gasteiger partial charge in [-0.05, 0) is 12.2 Å². The van der Waals surface area contributed by atoms with Crippen LogP contribution in [0.1, 0.15) is 6.42 Å². The van der Waals surface area contributed by atoms with Crippen molar-refractivity contribution in [2.24, 2.45) is 4.99 Å². The number of anilines is 2. The SMILES string of the molecule is O=C1C=CN(c2c(F)cc(N3C[C@H](CNC4=NCC=C4)OC3=O)c(F)c2F)CC1. The lowest BCUT2D eigenvalue weighted by Gasteiger charge is -2.25. The fourth-order valence-corrected chi connectivity index (χ4v) is 3.31. The molecule has 1 N–H and O–H groups in total. The number of hydrogen-bond acceptors (Lipinski definition) is 6. The van der Waals surface area contributed by atoms with Gasteiger partial charge in [0.1, 0.15) is 17.6 Å². The monoisotopic (exact) mass is 406 g/mol. The number of amides is 1. The average molecular weight is 406 g/mol. The molecule has 0 spiro atoms. The molecule has 0 bridgehead atoms. The number of ketones is 1. The highest BCUT2D eigenvalue weighted by Gasteiger charge is 2.36. The minimum Gasteiger partial charge on any atom is -0.442 e. The molecule has 1 atom stereocenters. The topological polar surface area (TPSA) is 74.2 Å². The number of nitrogens with zero attached hydrogens (tertiary/aromatic N) is 3. The molecular weight excluding hydrogens is 389 g/mol. The fraction of sp³-hybridized carbons (Fsp3) is 0.316. The van der Waals surface area contributed by atoms with E-state index in [2.05, 4.69) is 10.3 Å². The minimum absolute atomic E-state index is 0.0276. The Labute approximate surface area is 164 Å². The van der Waals surface area contributed by atoms with Crippen molar-refractivity contribution < 1.29 is 27.5 Å². The van der Waals surface area contributed by atoms with Crippen molar-refractivity contribution in [1.82, 2.24) is 5.32 Å². The molecule has 1 aromatic rings. The summed E-state index contributed by atoms with van der Waals surface area (Å²) >= 11 is 0. The van der Waals surface area contributed by atoms with E-state index in [1.807, 2.05) is 6.08 Å². The maximum absolute atomic E-state index is 14.7. The van der Waals surface area contributed by atoms with Crippen molar-refractivity contribution in [2.75, 3.05) is 36.0 Å². The van der Waals surface area contributed by atoms with Gasteiger partial charge >= 0.3 is 6.09 Å². The first-order valence-corrected chi connectivity index (χ1v) is 9.02. The Bertz CT molecular complexity index is 961. The Morgan fingerprint density at radius 2 is 2.03 bits per heavy atom. The largest absolute Gasteiger partial charge is 0.442 e. The lowest BCUT2D eigenvalue weighted by molar-refractivity contribution is -0.114. The van der Waals surface area contributed by atoms with Crippen LogP contribution in [0.5, 0.6) is 0 Å². The van der Waals surface area contributed by atoms with E-state index in [9.17, 15) is 22.8 Å². The van der Waals surface area contributed by atoms with Crippen LogP contribution in [0.4, 0.5) is 29.3 Å². The summed E-state index contributed by atoms with van der Waals surface area (Å²) in [6.45, 7) is 0.744. The number of nitrogens with one attached hydrogen (secondary N) is 1. The molecular formula is C19H17F3N4O3. The van der Waals surface area contributed by atoms with Crippen molar-refractivity contribution in [3.05, 3.63) is 47.9 Å². The Hall–Kier alpha value is -3.30. The summed E-state index contributed by atoms with van der Waals surface area (Å²) in [4.78, 5) is 29.5. The summed E-state index contributed by atoms with van der Waals surface area (Å²) in [5, 5.41) is 2.98. The Morgan fingerprint density at radius 1 is 1.21 bits per heavy atom. The smallest absolute Gasteiger partial charge is 0.414 e. The van der Waals surface area contributed by atoms with E-state index in [4.69, 9.17) is 4.74 Å². The highest BCUT2D eigenvalue weighted by molar-refractivity contribution is 5.95. The third-order valence-corrected chi connectivity index (χ3v) is 4.76. The van der Waals surface area contributed by atoms with E-state index >= 15 is 0 Å². The minimum atomic E-state index is -1.43. The summed E-state index contributed by atoms with van der Waals surface area (Å²) < 4.78 is 49.1. The van der Waals surface area contributed by atoms with Crippen LogP contribution in [0.15, 0.2) is 35.5 Å². The van der Waals surface area contributed by atoms with E-state index in [0.717, 1.165) is 15.9 Å². The first-order chi connectivity index (χ1) is 13.9. The highest BCUT2D eigenvalue weighted by Crippen LogP contribution is 2.35. The van der Waals surface area contributed by atoms with Crippen molar-refractivity contribution in [1.29, 1.82) is 0 Å². The van der Waals surface area contributed by atoms with E-state index in [-0.39, 0.29) is 31.8 Å². The molecule has 29 heavy (non-hydrogen) atoms. The van der Waals surface area contributed by atoms with Gasteiger partial charge in [-0.15, -0.1) is 0 Å². The lowest BCUT2D eigenvalue weighted by atomic mass is 10.1. The standard InChI is InChI=1S/C19H17F3N4O3/c20-13-8-14(16(21)17(22)18(13)25-6-3-11(27)4-7-25)26-10-12(29-19(26)28)9-24-15-2-1-5-23-15/h1-3,6,8,12H,4-5,7,9-10H2,(H,23,24)/t12-/m0/s1. The van der Waals surface area contributed by atoms with Crippen molar-refractivity contribution in [3.63, 3.8) is 0 Å². The zero-order valence-corrected chi connectivity index (χ0v) is 15.2. The van der Waals surface area contributed by atoms with E-state index in [1.54, 1.807) is 6.08 Å². The number of hydrogen-bond donors (Lipinski definition) is 1. The molecule has 7 nitrogen and oxygen atoms in total. The van der Waals surface area contributed by atoms with Gasteiger partial charge in [0.2, 0.25) is 0 Å². The number of ether oxygens (including phenoxy) is 1. The number of rotatable bonds is 4. The highest BCUT2D eigenvalue weighted by atomic mass is 19.2. The number of allylic oxidation sites excluding steroid dienone is 1. The van der Waals surface area contributed by atoms with Gasteiger partial charge in [0, 0.05) is 25.2 Å². The van der Waals surface area contributed by atoms with Gasteiger partial charge in [-0.25, -0.2) is 18.0 Å². The van der Waals surface area contributed by atoms with Crippen LogP contribution in [0.25, 0.3) is 0 Å². The number of amidine groups is 1. The van der Waals surface area contributed by atoms with E-state index in [1.165, 1.54) is 12.3 Å². The summed E-state index contributed by atoms with van der Waals surface area (Å²) in [6.07, 6.45) is 4.54. The van der Waals surface area contributed by atoms with Gasteiger partial charge in [0.05, 0.1) is 25.3 Å². The first kappa shape index (κ1) is 19.0. The molecule has 1 saturated heterocycles. The third kappa shape index (κ3) is 3.69. The molecule has 3 aliphatic rings. The molecule has 3 heterocycles. The van der Waals surface area contributed by atoms with Gasteiger partial charge in [-0.1, -0.05) is 6.08 Å². The van der Waals surface area contributed by atoms with Crippen molar-refractivity contribution in [2.45, 2.75) is 12.5 Å². The van der Waals surface area contributed by atoms with E-state index in [0.29, 0.717) is 12.4 Å². The zero-order chi connectivity index (χ0) is 20.5. The zero-order valence-electron chi connectivity index (χ0n) is 15.2. The quantitative estimate of drug-likeness (QED) is 0.777. The maximum Gasteiger partial charge on any atom is 0.414 e. The molecule has 1 aromatic carbocycles. The predicted octanol–water partition coefficient (Wildman–Crippen LogP) is 2.28. The number of cyclic esters (lactones) is 1. The van der Waals surface area contributed by atoms with Crippen LogP contribution in [0.3, 0.4) is 0 Å². The van der Waals surface area contributed by atoms with Gasteiger partial charge in [0.25, 0.3) is 0 Å². The van der Waals surface area contributed by atoms with Gasteiger partial charge in [0.15, 0.2) is 23.2 Å². The molecule has 10 heteroatoms. The molecule has 0 radical (unpaired) electrons. The molecule has 3 aliphatic heterocycles. The van der Waals surface area contributed by atoms with Gasteiger partial charge in [-0.2, -0.15) is 0 Å². The molecule has 0 saturated carbocycles. The summed E-state index contributed by atoms with van der Waals surface area (Å²) in [7, 11) is 0. The van der Waals surface area contributed by atoms with Crippen LogP contribution in [-0.2, 0) is 9.53 Å². The van der Waals surface area contributed by atoms with Crippen molar-refractivity contribution in [3.8, 4) is 0 Å². The summed E-state index contributed by atoms with van der Waals surface area (Å²) in [5.74, 6) is -3.38. The molecule has 1 amide bonds. The normalized spacial score (nSPS) is 21.1. The second kappa shape index (κ2) is 7.61. The number of carbonyl (C=O) groups is 2. The second-order valence-corrected chi connectivity index (χ2v) is 6.71. The van der Waals surface area contributed by atoms with Crippen molar-refractivity contribution >= 4 is 29.1 Å². The molecule has 0 aromatic heterocycles. The van der Waals surface area contributed by atoms with Crippen LogP contribution < -0.4 is 15.1 Å². The maximum atomic E-state index is 14.7. The Balaban J connectivity index is 1.54. The van der Waals surface area contributed by atoms with Crippen LogP contribution in [0, 0.1) is 17.5 Å². The lowest BCUT2D eigenvalue weighted by Crippen LogP contribution is -2.34. The van der Waals surface area contributed by atoms with Crippen LogP contribution >= 0.6 is 0 Å². The molecule has 0 aliphatic carbocycles. The Kier molecular flexibility index (Phi) is 4.99. The van der Waals surface area contributed by atoms with Gasteiger partial charge in [-0.3, -0.25) is 14.7 Å². The first-order valence-electron chi connectivity index (χ1n) is 9.02. The van der Waals surface area contributed by atoms with Crippen LogP contribution in [-0.4, -0.2) is 50.0 Å². The average Bonchev–Trinajstić information content (AvgIpc) is 3.34. The molecule has 4 rings (SSSR count). The predicted molar refractivity (Wildman–Crippen MR) is 99.5 cm³/mol. The number of carbonyl (C=O) groups excluding carboxylic acids is 2. The van der Waals surface area contributed by atoms with E-state index < -0.39 is 41.0 Å². The summed E-state index contributed by atoms with van der Waals surface area (Å²) in [5.41, 5.74) is -1.14.